The van der Waals surface area contributed by atoms with E-state index in [1.165, 1.54) is 0 Å². The van der Waals surface area contributed by atoms with Crippen molar-refractivity contribution in [2.45, 2.75) is 0 Å². The third kappa shape index (κ3) is 4.37. The molecule has 0 unspecified atom stereocenters. The summed E-state index contributed by atoms with van der Waals surface area (Å²) in [7, 11) is 0. The quantitative estimate of drug-likeness (QED) is 0.299. The summed E-state index contributed by atoms with van der Waals surface area (Å²) in [6.07, 6.45) is 1.69. The van der Waals surface area contributed by atoms with Crippen molar-refractivity contribution in [2.24, 2.45) is 0 Å². The van der Waals surface area contributed by atoms with Gasteiger partial charge >= 0.3 is 29.6 Å². The molecule has 14 heavy (non-hydrogen) atoms. The van der Waals surface area contributed by atoms with E-state index in [1.807, 2.05) is 0 Å². The summed E-state index contributed by atoms with van der Waals surface area (Å²) in [4.78, 5) is 21.2. The van der Waals surface area contributed by atoms with Crippen LogP contribution < -0.4 is 34.7 Å². The summed E-state index contributed by atoms with van der Waals surface area (Å²) in [6, 6.07) is 8.42. The van der Waals surface area contributed by atoms with Crippen LogP contribution in [0.1, 0.15) is 10.4 Å². The van der Waals surface area contributed by atoms with Crippen molar-refractivity contribution in [1.82, 2.24) is 0 Å². The topological polar surface area (TPSA) is 57.2 Å². The fourth-order valence-corrected chi connectivity index (χ4v) is 0.842. The Kier molecular flexibility index (Phi) is 6.12. The van der Waals surface area contributed by atoms with E-state index in [0.29, 0.717) is 5.56 Å². The fourth-order valence-electron chi connectivity index (χ4n) is 0.842. The van der Waals surface area contributed by atoms with Gasteiger partial charge in [-0.3, -0.25) is 4.79 Å². The van der Waals surface area contributed by atoms with Gasteiger partial charge in [-0.05, 0) is 12.2 Å². The molecule has 66 valence electrons. The summed E-state index contributed by atoms with van der Waals surface area (Å²) >= 11 is 0. The number of rotatable bonds is 3. The molecule has 0 aliphatic carbocycles. The molecule has 0 heterocycles. The first-order chi connectivity index (χ1) is 6.20. The van der Waals surface area contributed by atoms with Gasteiger partial charge in [0, 0.05) is 5.56 Å². The van der Waals surface area contributed by atoms with E-state index in [0.717, 1.165) is 12.2 Å². The molecule has 0 aromatic heterocycles. The number of carboxylic acids is 1. The van der Waals surface area contributed by atoms with Gasteiger partial charge in [-0.15, -0.1) is 0 Å². The van der Waals surface area contributed by atoms with Crippen LogP contribution in [-0.2, 0) is 4.79 Å². The SMILES string of the molecule is O=C([O-])C=CC(=O)c1ccccc1.[Na+]. The Balaban J connectivity index is 0.00000169. The van der Waals surface area contributed by atoms with Crippen LogP contribution in [-0.4, -0.2) is 11.8 Å². The van der Waals surface area contributed by atoms with Gasteiger partial charge in [0.15, 0.2) is 5.78 Å². The van der Waals surface area contributed by atoms with Crippen molar-refractivity contribution in [3.8, 4) is 0 Å². The zero-order chi connectivity index (χ0) is 9.68. The summed E-state index contributed by atoms with van der Waals surface area (Å²) in [5, 5.41) is 9.98. The van der Waals surface area contributed by atoms with Gasteiger partial charge in [0.2, 0.25) is 0 Å². The number of carbonyl (C=O) groups is 2. The number of allylic oxidation sites excluding steroid dienone is 1. The monoisotopic (exact) mass is 198 g/mol. The zero-order valence-electron chi connectivity index (χ0n) is 7.77. The maximum atomic E-state index is 11.2. The van der Waals surface area contributed by atoms with Crippen LogP contribution in [0.25, 0.3) is 0 Å². The van der Waals surface area contributed by atoms with E-state index in [9.17, 15) is 14.7 Å². The Morgan fingerprint density at radius 2 is 1.64 bits per heavy atom. The molecule has 0 atom stereocenters. The number of benzene rings is 1. The van der Waals surface area contributed by atoms with Crippen LogP contribution in [0.3, 0.4) is 0 Å². The van der Waals surface area contributed by atoms with Crippen molar-refractivity contribution in [1.29, 1.82) is 0 Å². The molecule has 0 saturated heterocycles. The molecular weight excluding hydrogens is 191 g/mol. The normalized spacial score (nSPS) is 9.43. The first-order valence-corrected chi connectivity index (χ1v) is 3.68. The van der Waals surface area contributed by atoms with Crippen LogP contribution in [0.5, 0.6) is 0 Å². The molecule has 4 heteroatoms. The Bertz CT molecular complexity index is 344. The second-order valence-corrected chi connectivity index (χ2v) is 2.38. The molecule has 1 aromatic rings. The van der Waals surface area contributed by atoms with E-state index in [2.05, 4.69) is 0 Å². The Labute approximate surface area is 104 Å². The Hall–Kier alpha value is -0.900. The maximum Gasteiger partial charge on any atom is 1.00 e. The zero-order valence-corrected chi connectivity index (χ0v) is 9.77. The molecule has 0 aliphatic heterocycles. The number of carboxylic acid groups (broad SMARTS) is 1. The minimum Gasteiger partial charge on any atom is -0.545 e. The number of hydrogen-bond donors (Lipinski definition) is 0. The molecule has 0 bridgehead atoms. The van der Waals surface area contributed by atoms with E-state index in [-0.39, 0.29) is 35.3 Å². The van der Waals surface area contributed by atoms with Crippen LogP contribution in [0.2, 0.25) is 0 Å². The van der Waals surface area contributed by atoms with Gasteiger partial charge in [-0.2, -0.15) is 0 Å². The van der Waals surface area contributed by atoms with Gasteiger partial charge < -0.3 is 9.90 Å². The van der Waals surface area contributed by atoms with E-state index < -0.39 is 5.97 Å². The summed E-state index contributed by atoms with van der Waals surface area (Å²) in [6.45, 7) is 0. The first kappa shape index (κ1) is 13.1. The summed E-state index contributed by atoms with van der Waals surface area (Å²) < 4.78 is 0. The third-order valence-electron chi connectivity index (χ3n) is 1.43. The molecule has 3 nitrogen and oxygen atoms in total. The van der Waals surface area contributed by atoms with E-state index >= 15 is 0 Å². The van der Waals surface area contributed by atoms with Crippen LogP contribution in [0, 0.1) is 0 Å². The van der Waals surface area contributed by atoms with Crippen molar-refractivity contribution in [3.63, 3.8) is 0 Å². The van der Waals surface area contributed by atoms with Crippen molar-refractivity contribution in [2.75, 3.05) is 0 Å². The second-order valence-electron chi connectivity index (χ2n) is 2.38. The maximum absolute atomic E-state index is 11.2. The van der Waals surface area contributed by atoms with Gasteiger partial charge in [-0.1, -0.05) is 30.3 Å². The molecular formula is C10H7NaO3. The predicted octanol–water partition coefficient (Wildman–Crippen LogP) is -2.82. The van der Waals surface area contributed by atoms with Crippen molar-refractivity contribution >= 4 is 11.8 Å². The van der Waals surface area contributed by atoms with Gasteiger partial charge in [-0.25, -0.2) is 0 Å². The van der Waals surface area contributed by atoms with E-state index in [1.54, 1.807) is 30.3 Å². The summed E-state index contributed by atoms with van der Waals surface area (Å²) in [5.41, 5.74) is 0.458. The molecule has 0 N–H and O–H groups in total. The molecule has 0 saturated carbocycles. The smallest absolute Gasteiger partial charge is 0.545 e. The molecule has 0 spiro atoms. The molecule has 1 aromatic carbocycles. The van der Waals surface area contributed by atoms with E-state index in [4.69, 9.17) is 0 Å². The van der Waals surface area contributed by atoms with Crippen LogP contribution in [0.15, 0.2) is 42.5 Å². The minimum absolute atomic E-state index is 0. The second kappa shape index (κ2) is 6.54. The van der Waals surface area contributed by atoms with Gasteiger partial charge in [0.25, 0.3) is 0 Å². The van der Waals surface area contributed by atoms with Crippen LogP contribution in [0.4, 0.5) is 0 Å². The fraction of sp³-hybridized carbons (Fsp3) is 0. The third-order valence-corrected chi connectivity index (χ3v) is 1.43. The minimum atomic E-state index is -1.37. The Morgan fingerprint density at radius 1 is 1.07 bits per heavy atom. The van der Waals surface area contributed by atoms with Gasteiger partial charge in [0.05, 0.1) is 5.97 Å². The molecule has 0 aliphatic rings. The number of aliphatic carboxylic acids is 1. The van der Waals surface area contributed by atoms with Crippen molar-refractivity contribution in [3.05, 3.63) is 48.0 Å². The molecule has 1 rings (SSSR count). The standard InChI is InChI=1S/C10H8O3.Na/c11-9(6-7-10(12)13)8-4-2-1-3-5-8;/h1-7H,(H,12,13);/q;+1/p-1. The van der Waals surface area contributed by atoms with Crippen molar-refractivity contribution < 1.29 is 44.3 Å². The number of hydrogen-bond acceptors (Lipinski definition) is 3. The number of ketones is 1. The first-order valence-electron chi connectivity index (χ1n) is 3.68. The molecule has 0 amide bonds. The average Bonchev–Trinajstić information content (AvgIpc) is 2.15. The molecule has 0 radical (unpaired) electrons. The van der Waals surface area contributed by atoms with Crippen LogP contribution >= 0.6 is 0 Å². The summed E-state index contributed by atoms with van der Waals surface area (Å²) in [5.74, 6) is -1.71. The Morgan fingerprint density at radius 3 is 2.14 bits per heavy atom. The largest absolute Gasteiger partial charge is 1.00 e. The van der Waals surface area contributed by atoms with Gasteiger partial charge in [0.1, 0.15) is 0 Å². The predicted molar refractivity (Wildman–Crippen MR) is 44.9 cm³/mol. The number of carbonyl (C=O) groups excluding carboxylic acids is 2. The molecule has 0 fully saturated rings. The average molecular weight is 198 g/mol.